The van der Waals surface area contributed by atoms with Crippen molar-refractivity contribution in [2.75, 3.05) is 27.3 Å². The Balaban J connectivity index is 1.67. The molecule has 0 radical (unpaired) electrons. The normalized spacial score (nSPS) is 17.8. The zero-order valence-electron chi connectivity index (χ0n) is 15.8. The van der Waals surface area contributed by atoms with E-state index in [0.717, 1.165) is 28.1 Å². The Kier molecular flexibility index (Phi) is 6.45. The fourth-order valence-electron chi connectivity index (χ4n) is 3.25. The lowest BCUT2D eigenvalue weighted by molar-refractivity contribution is -0.149. The number of nitrogens with one attached hydrogen (secondary N) is 1. The predicted molar refractivity (Wildman–Crippen MR) is 104 cm³/mol. The van der Waals surface area contributed by atoms with E-state index >= 15 is 0 Å². The summed E-state index contributed by atoms with van der Waals surface area (Å²) in [6.45, 7) is 1.09. The highest BCUT2D eigenvalue weighted by Gasteiger charge is 2.31. The van der Waals surface area contributed by atoms with Crippen molar-refractivity contribution in [2.24, 2.45) is 0 Å². The Hall–Kier alpha value is -2.68. The third-order valence-electron chi connectivity index (χ3n) is 4.75. The lowest BCUT2D eigenvalue weighted by Crippen LogP contribution is -2.51. The molecular weight excluding hydrogens is 382 g/mol. The molecule has 0 saturated carbocycles. The maximum atomic E-state index is 12.7. The molecule has 0 aliphatic carbocycles. The number of carbonyl (C=O) groups excluding carboxylic acids is 3. The molecule has 1 N–H and O–H groups in total. The van der Waals surface area contributed by atoms with E-state index in [1.807, 2.05) is 24.3 Å². The molecule has 1 aliphatic rings. The summed E-state index contributed by atoms with van der Waals surface area (Å²) >= 11 is 1.65. The molecule has 2 aromatic rings. The second kappa shape index (κ2) is 9.01. The van der Waals surface area contributed by atoms with E-state index in [-0.39, 0.29) is 12.3 Å². The standard InChI is InChI=1S/C19H23N3O5S/c1-26-16(23)10-14(18(24)27-2)21-19(25)22-9-5-6-12(11-22)17-20-13-7-3-4-8-15(13)28-17/h3-4,7-8,12,14H,5-6,9-11H2,1-2H3,(H,21,25). The average Bonchev–Trinajstić information content (AvgIpc) is 3.17. The van der Waals surface area contributed by atoms with Gasteiger partial charge in [0.05, 0.1) is 35.9 Å². The van der Waals surface area contributed by atoms with Crippen LogP contribution in [0.5, 0.6) is 0 Å². The molecule has 150 valence electrons. The predicted octanol–water partition coefficient (Wildman–Crippen LogP) is 2.29. The Morgan fingerprint density at radius 3 is 2.79 bits per heavy atom. The molecule has 2 heterocycles. The Morgan fingerprint density at radius 2 is 2.07 bits per heavy atom. The van der Waals surface area contributed by atoms with Crippen molar-refractivity contribution in [1.29, 1.82) is 0 Å². The summed E-state index contributed by atoms with van der Waals surface area (Å²) in [6.07, 6.45) is 1.52. The number of esters is 2. The molecule has 1 saturated heterocycles. The number of hydrogen-bond donors (Lipinski definition) is 1. The summed E-state index contributed by atoms with van der Waals surface area (Å²) in [5.74, 6) is -1.13. The number of amides is 2. The van der Waals surface area contributed by atoms with Crippen LogP contribution in [0.2, 0.25) is 0 Å². The number of urea groups is 1. The summed E-state index contributed by atoms with van der Waals surface area (Å²) in [5, 5.41) is 3.61. The van der Waals surface area contributed by atoms with Gasteiger partial charge >= 0.3 is 18.0 Å². The summed E-state index contributed by atoms with van der Waals surface area (Å²) in [6, 6.07) is 6.49. The number of fused-ring (bicyclic) bond motifs is 1. The molecule has 2 atom stereocenters. The van der Waals surface area contributed by atoms with E-state index in [2.05, 4.69) is 14.8 Å². The van der Waals surface area contributed by atoms with Gasteiger partial charge in [0.1, 0.15) is 6.04 Å². The fraction of sp³-hybridized carbons (Fsp3) is 0.474. The van der Waals surface area contributed by atoms with Gasteiger partial charge in [-0.2, -0.15) is 0 Å². The van der Waals surface area contributed by atoms with Crippen LogP contribution in [-0.4, -0.2) is 61.2 Å². The van der Waals surface area contributed by atoms with Crippen LogP contribution in [0.4, 0.5) is 4.79 Å². The van der Waals surface area contributed by atoms with Crippen LogP contribution in [0.1, 0.15) is 30.2 Å². The highest BCUT2D eigenvalue weighted by atomic mass is 32.1. The number of rotatable bonds is 5. The van der Waals surface area contributed by atoms with Crippen LogP contribution in [0.15, 0.2) is 24.3 Å². The van der Waals surface area contributed by atoms with Crippen LogP contribution >= 0.6 is 11.3 Å². The Morgan fingerprint density at radius 1 is 1.29 bits per heavy atom. The number of methoxy groups -OCH3 is 2. The van der Waals surface area contributed by atoms with Gasteiger partial charge < -0.3 is 19.7 Å². The zero-order chi connectivity index (χ0) is 20.1. The van der Waals surface area contributed by atoms with Crippen LogP contribution < -0.4 is 5.32 Å². The maximum absolute atomic E-state index is 12.7. The van der Waals surface area contributed by atoms with Crippen molar-refractivity contribution in [3.05, 3.63) is 29.3 Å². The van der Waals surface area contributed by atoms with E-state index in [1.54, 1.807) is 16.2 Å². The molecule has 2 unspecified atom stereocenters. The van der Waals surface area contributed by atoms with E-state index < -0.39 is 24.0 Å². The number of nitrogens with zero attached hydrogens (tertiary/aromatic N) is 2. The Labute approximate surface area is 166 Å². The van der Waals surface area contributed by atoms with Crippen molar-refractivity contribution in [3.63, 3.8) is 0 Å². The number of aromatic nitrogens is 1. The first kappa shape index (κ1) is 20.1. The average molecular weight is 405 g/mol. The van der Waals surface area contributed by atoms with E-state index in [9.17, 15) is 14.4 Å². The summed E-state index contributed by atoms with van der Waals surface area (Å²) in [7, 11) is 2.44. The number of para-hydroxylation sites is 1. The minimum atomic E-state index is -1.08. The third kappa shape index (κ3) is 4.59. The van der Waals surface area contributed by atoms with Gasteiger partial charge in [0.25, 0.3) is 0 Å². The van der Waals surface area contributed by atoms with E-state index in [0.29, 0.717) is 13.1 Å². The maximum Gasteiger partial charge on any atom is 0.329 e. The lowest BCUT2D eigenvalue weighted by atomic mass is 9.99. The first-order valence-electron chi connectivity index (χ1n) is 9.07. The first-order valence-corrected chi connectivity index (χ1v) is 9.89. The number of likely N-dealkylation sites (tertiary alicyclic amines) is 1. The van der Waals surface area contributed by atoms with E-state index in [1.165, 1.54) is 14.2 Å². The zero-order valence-corrected chi connectivity index (χ0v) is 16.7. The highest BCUT2D eigenvalue weighted by Crippen LogP contribution is 2.32. The van der Waals surface area contributed by atoms with Gasteiger partial charge in [0.15, 0.2) is 0 Å². The number of carbonyl (C=O) groups is 3. The summed E-state index contributed by atoms with van der Waals surface area (Å²) in [4.78, 5) is 42.5. The van der Waals surface area contributed by atoms with Crippen LogP contribution in [0.25, 0.3) is 10.2 Å². The van der Waals surface area contributed by atoms with Crippen molar-refractivity contribution < 1.29 is 23.9 Å². The molecule has 1 fully saturated rings. The molecule has 2 amide bonds. The van der Waals surface area contributed by atoms with Gasteiger partial charge in [-0.25, -0.2) is 14.6 Å². The van der Waals surface area contributed by atoms with Gasteiger partial charge in [-0.15, -0.1) is 11.3 Å². The molecule has 9 heteroatoms. The van der Waals surface area contributed by atoms with Crippen molar-refractivity contribution in [1.82, 2.24) is 15.2 Å². The molecule has 28 heavy (non-hydrogen) atoms. The minimum absolute atomic E-state index is 0.147. The molecule has 0 bridgehead atoms. The quantitative estimate of drug-likeness (QED) is 0.767. The number of benzene rings is 1. The van der Waals surface area contributed by atoms with Crippen molar-refractivity contribution in [3.8, 4) is 0 Å². The lowest BCUT2D eigenvalue weighted by Gasteiger charge is -2.32. The summed E-state index contributed by atoms with van der Waals surface area (Å²) < 4.78 is 10.4. The van der Waals surface area contributed by atoms with Crippen molar-refractivity contribution in [2.45, 2.75) is 31.2 Å². The van der Waals surface area contributed by atoms with Gasteiger partial charge in [-0.3, -0.25) is 4.79 Å². The number of piperidine rings is 1. The van der Waals surface area contributed by atoms with E-state index in [4.69, 9.17) is 4.98 Å². The minimum Gasteiger partial charge on any atom is -0.469 e. The van der Waals surface area contributed by atoms with Crippen molar-refractivity contribution >= 4 is 39.5 Å². The smallest absolute Gasteiger partial charge is 0.329 e. The van der Waals surface area contributed by atoms with Gasteiger partial charge in [-0.1, -0.05) is 12.1 Å². The number of ether oxygens (including phenoxy) is 2. The first-order chi connectivity index (χ1) is 13.5. The topological polar surface area (TPSA) is 97.8 Å². The van der Waals surface area contributed by atoms with Gasteiger partial charge in [0.2, 0.25) is 0 Å². The van der Waals surface area contributed by atoms with Crippen LogP contribution in [-0.2, 0) is 19.1 Å². The third-order valence-corrected chi connectivity index (χ3v) is 5.95. The molecule has 1 aliphatic heterocycles. The number of hydrogen-bond acceptors (Lipinski definition) is 7. The molecule has 0 spiro atoms. The second-order valence-electron chi connectivity index (χ2n) is 6.61. The summed E-state index contributed by atoms with van der Waals surface area (Å²) in [5.41, 5.74) is 0.966. The Bertz CT molecular complexity index is 835. The van der Waals surface area contributed by atoms with Crippen LogP contribution in [0.3, 0.4) is 0 Å². The van der Waals surface area contributed by atoms with Gasteiger partial charge in [-0.05, 0) is 25.0 Å². The SMILES string of the molecule is COC(=O)CC(NC(=O)N1CCCC(c2nc3ccccc3s2)C1)C(=O)OC. The van der Waals surface area contributed by atoms with Gasteiger partial charge in [0, 0.05) is 19.0 Å². The second-order valence-corrected chi connectivity index (χ2v) is 7.67. The molecule has 8 nitrogen and oxygen atoms in total. The highest BCUT2D eigenvalue weighted by molar-refractivity contribution is 7.18. The van der Waals surface area contributed by atoms with Crippen LogP contribution in [0, 0.1) is 0 Å². The largest absolute Gasteiger partial charge is 0.469 e. The monoisotopic (exact) mass is 405 g/mol. The molecular formula is C19H23N3O5S. The molecule has 3 rings (SSSR count). The molecule has 1 aromatic heterocycles. The number of thiazole rings is 1. The fourth-order valence-corrected chi connectivity index (χ4v) is 4.35. The molecule has 1 aromatic carbocycles.